The summed E-state index contributed by atoms with van der Waals surface area (Å²) in [5.41, 5.74) is 2.27. The first-order chi connectivity index (χ1) is 9.79. The van der Waals surface area contributed by atoms with Crippen molar-refractivity contribution in [1.29, 1.82) is 0 Å². The molecule has 0 saturated heterocycles. The number of fused-ring (bicyclic) bond motifs is 1. The lowest BCUT2D eigenvalue weighted by Crippen LogP contribution is -2.24. The van der Waals surface area contributed by atoms with Gasteiger partial charge in [-0.2, -0.15) is 5.10 Å². The van der Waals surface area contributed by atoms with E-state index < -0.39 is 0 Å². The van der Waals surface area contributed by atoms with Gasteiger partial charge in [-0.3, -0.25) is 4.68 Å². The molecule has 0 amide bonds. The summed E-state index contributed by atoms with van der Waals surface area (Å²) < 4.78 is 1.94. The maximum absolute atomic E-state index is 4.66. The summed E-state index contributed by atoms with van der Waals surface area (Å²) in [5, 5.41) is 9.33. The average Bonchev–Trinajstić information content (AvgIpc) is 3.08. The molecule has 5 nitrogen and oxygen atoms in total. The number of benzene rings is 1. The number of nitrogens with one attached hydrogen (secondary N) is 2. The zero-order chi connectivity index (χ0) is 13.9. The number of H-pyrrole nitrogens is 1. The van der Waals surface area contributed by atoms with Crippen LogP contribution in [0.25, 0.3) is 10.9 Å². The number of hydrogen-bond donors (Lipinski definition) is 2. The summed E-state index contributed by atoms with van der Waals surface area (Å²) in [6.45, 7) is 3.00. The molecule has 0 aliphatic heterocycles. The molecule has 20 heavy (non-hydrogen) atoms. The molecule has 0 aliphatic carbocycles. The van der Waals surface area contributed by atoms with Crippen LogP contribution in [0.1, 0.15) is 24.5 Å². The fourth-order valence-electron chi connectivity index (χ4n) is 2.61. The van der Waals surface area contributed by atoms with Gasteiger partial charge >= 0.3 is 0 Å². The molecule has 104 valence electrons. The molecule has 1 atom stereocenters. The molecule has 2 heterocycles. The second kappa shape index (κ2) is 5.46. The van der Waals surface area contributed by atoms with Crippen molar-refractivity contribution >= 4 is 10.9 Å². The number of para-hydroxylation sites is 1. The number of aromatic amines is 1. The van der Waals surface area contributed by atoms with E-state index in [2.05, 4.69) is 45.5 Å². The predicted octanol–water partition coefficient (Wildman–Crippen LogP) is 2.19. The fraction of sp³-hybridized carbons (Fsp3) is 0.333. The third-order valence-corrected chi connectivity index (χ3v) is 3.53. The monoisotopic (exact) mass is 269 g/mol. The Morgan fingerprint density at radius 2 is 2.20 bits per heavy atom. The molecule has 0 radical (unpaired) electrons. The molecule has 0 spiro atoms. The van der Waals surface area contributed by atoms with Crippen LogP contribution in [0.4, 0.5) is 0 Å². The van der Waals surface area contributed by atoms with Crippen LogP contribution >= 0.6 is 0 Å². The lowest BCUT2D eigenvalue weighted by atomic mass is 10.1. The van der Waals surface area contributed by atoms with E-state index in [0.717, 1.165) is 30.0 Å². The summed E-state index contributed by atoms with van der Waals surface area (Å²) in [5.74, 6) is 0.960. The highest BCUT2D eigenvalue weighted by Gasteiger charge is 2.17. The van der Waals surface area contributed by atoms with E-state index in [1.165, 1.54) is 5.39 Å². The second-order valence-corrected chi connectivity index (χ2v) is 4.88. The molecule has 0 saturated carbocycles. The van der Waals surface area contributed by atoms with Gasteiger partial charge in [0.05, 0.1) is 17.3 Å². The number of aryl methyl sites for hydroxylation is 1. The van der Waals surface area contributed by atoms with Crippen LogP contribution in [-0.4, -0.2) is 26.3 Å². The highest BCUT2D eigenvalue weighted by Crippen LogP contribution is 2.22. The Morgan fingerprint density at radius 3 is 2.95 bits per heavy atom. The van der Waals surface area contributed by atoms with E-state index in [-0.39, 0.29) is 6.04 Å². The van der Waals surface area contributed by atoms with E-state index >= 15 is 0 Å². The van der Waals surface area contributed by atoms with Crippen molar-refractivity contribution in [1.82, 2.24) is 25.1 Å². The molecule has 2 aromatic heterocycles. The maximum Gasteiger partial charge on any atom is 0.123 e. The Labute approximate surface area is 118 Å². The molecule has 1 aromatic carbocycles. The minimum Gasteiger partial charge on any atom is -0.347 e. The van der Waals surface area contributed by atoms with Crippen LogP contribution in [0, 0.1) is 0 Å². The zero-order valence-electron chi connectivity index (χ0n) is 11.8. The SMILES string of the molecule is CCNC(Cc1nn(C)c2ccccc12)c1ncc[nH]1. The van der Waals surface area contributed by atoms with Gasteiger partial charge in [0, 0.05) is 31.2 Å². The van der Waals surface area contributed by atoms with Gasteiger partial charge in [-0.25, -0.2) is 4.98 Å². The zero-order valence-corrected chi connectivity index (χ0v) is 11.8. The summed E-state index contributed by atoms with van der Waals surface area (Å²) in [6.07, 6.45) is 4.47. The van der Waals surface area contributed by atoms with Crippen molar-refractivity contribution < 1.29 is 0 Å². The number of hydrogen-bond acceptors (Lipinski definition) is 3. The minimum absolute atomic E-state index is 0.160. The Morgan fingerprint density at radius 1 is 1.35 bits per heavy atom. The first-order valence-electron chi connectivity index (χ1n) is 6.93. The van der Waals surface area contributed by atoms with E-state index in [9.17, 15) is 0 Å². The normalized spacial score (nSPS) is 12.9. The van der Waals surface area contributed by atoms with Gasteiger partial charge in [-0.15, -0.1) is 0 Å². The van der Waals surface area contributed by atoms with Crippen molar-refractivity contribution in [2.45, 2.75) is 19.4 Å². The van der Waals surface area contributed by atoms with E-state index in [0.29, 0.717) is 0 Å². The fourth-order valence-corrected chi connectivity index (χ4v) is 2.61. The Bertz CT molecular complexity index is 683. The highest BCUT2D eigenvalue weighted by molar-refractivity contribution is 5.81. The van der Waals surface area contributed by atoms with Crippen molar-refractivity contribution in [3.8, 4) is 0 Å². The summed E-state index contributed by atoms with van der Waals surface area (Å²) in [7, 11) is 1.99. The van der Waals surface area contributed by atoms with Crippen LogP contribution < -0.4 is 5.32 Å². The van der Waals surface area contributed by atoms with Gasteiger partial charge in [0.25, 0.3) is 0 Å². The molecule has 0 aliphatic rings. The topological polar surface area (TPSA) is 58.5 Å². The van der Waals surface area contributed by atoms with Crippen molar-refractivity contribution in [3.05, 3.63) is 48.2 Å². The van der Waals surface area contributed by atoms with Gasteiger partial charge in [-0.05, 0) is 12.6 Å². The number of rotatable bonds is 5. The second-order valence-electron chi connectivity index (χ2n) is 4.88. The third kappa shape index (κ3) is 2.32. The molecule has 2 N–H and O–H groups in total. The maximum atomic E-state index is 4.66. The van der Waals surface area contributed by atoms with Crippen LogP contribution in [0.3, 0.4) is 0 Å². The van der Waals surface area contributed by atoms with E-state index in [4.69, 9.17) is 0 Å². The van der Waals surface area contributed by atoms with Crippen LogP contribution in [0.2, 0.25) is 0 Å². The van der Waals surface area contributed by atoms with Crippen LogP contribution in [-0.2, 0) is 13.5 Å². The van der Waals surface area contributed by atoms with Crippen LogP contribution in [0.5, 0.6) is 0 Å². The summed E-state index contributed by atoms with van der Waals surface area (Å²) >= 11 is 0. The van der Waals surface area contributed by atoms with Gasteiger partial charge in [-0.1, -0.05) is 25.1 Å². The van der Waals surface area contributed by atoms with E-state index in [1.807, 2.05) is 24.0 Å². The predicted molar refractivity (Wildman–Crippen MR) is 79.4 cm³/mol. The lowest BCUT2D eigenvalue weighted by molar-refractivity contribution is 0.519. The van der Waals surface area contributed by atoms with Crippen molar-refractivity contribution in [2.24, 2.45) is 7.05 Å². The van der Waals surface area contributed by atoms with Crippen LogP contribution in [0.15, 0.2) is 36.7 Å². The van der Waals surface area contributed by atoms with Gasteiger partial charge in [0.1, 0.15) is 5.82 Å². The molecule has 3 aromatic rings. The minimum atomic E-state index is 0.160. The largest absolute Gasteiger partial charge is 0.347 e. The van der Waals surface area contributed by atoms with E-state index in [1.54, 1.807) is 6.20 Å². The van der Waals surface area contributed by atoms with Gasteiger partial charge in [0.2, 0.25) is 0 Å². The lowest BCUT2D eigenvalue weighted by Gasteiger charge is -2.14. The standard InChI is InChI=1S/C15H19N5/c1-3-16-13(15-17-8-9-18-15)10-12-11-6-4-5-7-14(11)20(2)19-12/h4-9,13,16H,3,10H2,1-2H3,(H,17,18). The average molecular weight is 269 g/mol. The molecule has 5 heteroatoms. The summed E-state index contributed by atoms with van der Waals surface area (Å²) in [4.78, 5) is 7.55. The number of nitrogens with zero attached hydrogens (tertiary/aromatic N) is 3. The first kappa shape index (κ1) is 12.9. The molecule has 0 fully saturated rings. The molecular formula is C15H19N5. The number of imidazole rings is 1. The van der Waals surface area contributed by atoms with Crippen molar-refractivity contribution in [3.63, 3.8) is 0 Å². The summed E-state index contributed by atoms with van der Waals surface area (Å²) in [6, 6.07) is 8.49. The molecule has 1 unspecified atom stereocenters. The Balaban J connectivity index is 1.94. The quantitative estimate of drug-likeness (QED) is 0.746. The number of likely N-dealkylation sites (N-methyl/N-ethyl adjacent to an activating group) is 1. The third-order valence-electron chi connectivity index (χ3n) is 3.53. The Kier molecular flexibility index (Phi) is 3.52. The van der Waals surface area contributed by atoms with Gasteiger partial charge in [0.15, 0.2) is 0 Å². The van der Waals surface area contributed by atoms with Crippen molar-refractivity contribution in [2.75, 3.05) is 6.54 Å². The smallest absolute Gasteiger partial charge is 0.123 e. The van der Waals surface area contributed by atoms with Gasteiger partial charge < -0.3 is 10.3 Å². The first-order valence-corrected chi connectivity index (χ1v) is 6.93. The number of aromatic nitrogens is 4. The highest BCUT2D eigenvalue weighted by atomic mass is 15.3. The molecular weight excluding hydrogens is 250 g/mol. The molecule has 0 bridgehead atoms. The molecule has 3 rings (SSSR count). The Hall–Kier alpha value is -2.14.